The number of pyridine rings is 2. The van der Waals surface area contributed by atoms with Crippen LogP contribution in [0, 0.1) is 6.92 Å². The number of likely N-dealkylation sites (tertiary alicyclic amines) is 1. The average Bonchev–Trinajstić information content (AvgIpc) is 3.31. The lowest BCUT2D eigenvalue weighted by Gasteiger charge is -2.31. The lowest BCUT2D eigenvalue weighted by atomic mass is 9.97. The van der Waals surface area contributed by atoms with Crippen LogP contribution in [0.5, 0.6) is 0 Å². The van der Waals surface area contributed by atoms with Crippen molar-refractivity contribution >= 4 is 17.2 Å². The molecule has 0 saturated carbocycles. The van der Waals surface area contributed by atoms with Gasteiger partial charge in [-0.3, -0.25) is 9.20 Å². The summed E-state index contributed by atoms with van der Waals surface area (Å²) in [5.74, 6) is 1.09. The van der Waals surface area contributed by atoms with Gasteiger partial charge in [0.15, 0.2) is 5.65 Å². The zero-order chi connectivity index (χ0) is 18.4. The Hall–Kier alpha value is -3.22. The van der Waals surface area contributed by atoms with Gasteiger partial charge in [0.1, 0.15) is 17.2 Å². The molecule has 4 aromatic rings. The van der Waals surface area contributed by atoms with Crippen molar-refractivity contribution in [1.82, 2.24) is 28.9 Å². The number of fused-ring (bicyclic) bond motifs is 2. The smallest absolute Gasteiger partial charge is 0.274 e. The number of hydrogen-bond donors (Lipinski definition) is 0. The Morgan fingerprint density at radius 1 is 1.11 bits per heavy atom. The van der Waals surface area contributed by atoms with Crippen LogP contribution in [0.3, 0.4) is 0 Å². The molecule has 4 aromatic heterocycles. The maximum atomic E-state index is 13.0. The van der Waals surface area contributed by atoms with Gasteiger partial charge in [-0.1, -0.05) is 12.1 Å². The minimum Gasteiger partial charge on any atom is -0.337 e. The summed E-state index contributed by atoms with van der Waals surface area (Å²) in [4.78, 5) is 19.4. The van der Waals surface area contributed by atoms with E-state index in [2.05, 4.69) is 15.2 Å². The largest absolute Gasteiger partial charge is 0.337 e. The summed E-state index contributed by atoms with van der Waals surface area (Å²) in [5, 5.41) is 8.64. The van der Waals surface area contributed by atoms with Gasteiger partial charge in [-0.15, -0.1) is 10.2 Å². The molecule has 0 N–H and O–H groups in total. The molecule has 1 amide bonds. The lowest BCUT2D eigenvalue weighted by Crippen LogP contribution is -2.39. The summed E-state index contributed by atoms with van der Waals surface area (Å²) in [7, 11) is 0. The third kappa shape index (κ3) is 2.75. The van der Waals surface area contributed by atoms with Crippen LogP contribution in [0.2, 0.25) is 0 Å². The van der Waals surface area contributed by atoms with E-state index in [0.717, 1.165) is 42.1 Å². The van der Waals surface area contributed by atoms with E-state index >= 15 is 0 Å². The lowest BCUT2D eigenvalue weighted by molar-refractivity contribution is 0.0699. The molecule has 1 atom stereocenters. The summed E-state index contributed by atoms with van der Waals surface area (Å²) >= 11 is 0. The Labute approximate surface area is 156 Å². The maximum absolute atomic E-state index is 13.0. The first-order valence-corrected chi connectivity index (χ1v) is 9.23. The molecule has 1 fully saturated rings. The number of carbonyl (C=O) groups excluding carboxylic acids is 1. The van der Waals surface area contributed by atoms with Gasteiger partial charge in [-0.05, 0) is 43.5 Å². The summed E-state index contributed by atoms with van der Waals surface area (Å²) in [6, 6.07) is 9.82. The van der Waals surface area contributed by atoms with E-state index in [-0.39, 0.29) is 11.8 Å². The third-order valence-corrected chi connectivity index (χ3v) is 5.23. The van der Waals surface area contributed by atoms with Crippen LogP contribution in [-0.2, 0) is 0 Å². The molecule has 27 heavy (non-hydrogen) atoms. The molecule has 7 heteroatoms. The van der Waals surface area contributed by atoms with Crippen molar-refractivity contribution in [2.24, 2.45) is 0 Å². The zero-order valence-electron chi connectivity index (χ0n) is 15.1. The van der Waals surface area contributed by atoms with Crippen LogP contribution < -0.4 is 0 Å². The summed E-state index contributed by atoms with van der Waals surface area (Å²) in [6.45, 7) is 3.42. The van der Waals surface area contributed by atoms with Gasteiger partial charge < -0.3 is 9.30 Å². The van der Waals surface area contributed by atoms with Gasteiger partial charge in [-0.2, -0.15) is 0 Å². The van der Waals surface area contributed by atoms with Crippen LogP contribution in [0.4, 0.5) is 0 Å². The van der Waals surface area contributed by atoms with E-state index in [0.29, 0.717) is 12.2 Å². The molecule has 1 aliphatic rings. The molecule has 7 nitrogen and oxygen atoms in total. The predicted molar refractivity (Wildman–Crippen MR) is 101 cm³/mol. The highest BCUT2D eigenvalue weighted by Crippen LogP contribution is 2.27. The highest BCUT2D eigenvalue weighted by molar-refractivity contribution is 5.93. The van der Waals surface area contributed by atoms with Crippen LogP contribution in [0.25, 0.3) is 11.3 Å². The van der Waals surface area contributed by atoms with Crippen molar-refractivity contribution in [2.75, 3.05) is 13.1 Å². The monoisotopic (exact) mass is 360 g/mol. The molecule has 5 heterocycles. The second-order valence-electron chi connectivity index (χ2n) is 7.18. The van der Waals surface area contributed by atoms with E-state index < -0.39 is 0 Å². The minimum atomic E-state index is -0.0186. The number of rotatable bonds is 2. The topological polar surface area (TPSA) is 67.8 Å². The van der Waals surface area contributed by atoms with Crippen LogP contribution in [-0.4, -0.2) is 47.9 Å². The number of aromatic nitrogens is 5. The fourth-order valence-electron chi connectivity index (χ4n) is 3.88. The number of aryl methyl sites for hydroxylation is 1. The van der Waals surface area contributed by atoms with E-state index in [1.807, 2.05) is 69.5 Å². The first-order valence-electron chi connectivity index (χ1n) is 9.23. The van der Waals surface area contributed by atoms with Gasteiger partial charge in [0.25, 0.3) is 5.91 Å². The number of nitrogens with zero attached hydrogens (tertiary/aromatic N) is 6. The van der Waals surface area contributed by atoms with E-state index in [1.54, 1.807) is 0 Å². The zero-order valence-corrected chi connectivity index (χ0v) is 15.1. The average molecular weight is 360 g/mol. The second-order valence-corrected chi connectivity index (χ2v) is 7.18. The number of piperidine rings is 1. The molecule has 0 radical (unpaired) electrons. The third-order valence-electron chi connectivity index (χ3n) is 5.23. The molecule has 0 spiro atoms. The van der Waals surface area contributed by atoms with Crippen molar-refractivity contribution in [3.8, 4) is 0 Å². The molecule has 1 saturated heterocycles. The van der Waals surface area contributed by atoms with Crippen LogP contribution >= 0.6 is 0 Å². The van der Waals surface area contributed by atoms with Crippen molar-refractivity contribution in [3.05, 3.63) is 66.0 Å². The van der Waals surface area contributed by atoms with E-state index in [4.69, 9.17) is 0 Å². The standard InChI is InChI=1S/C20H20N6O/c1-14-7-8-17-21-16(13-25(17)11-14)20(27)24-9-4-5-15(12-24)19-23-22-18-6-2-3-10-26(18)19/h2-3,6-8,10-11,13,15H,4-5,9,12H2,1H3/t15-/m0/s1. The van der Waals surface area contributed by atoms with Gasteiger partial charge in [0.2, 0.25) is 0 Å². The van der Waals surface area contributed by atoms with Gasteiger partial charge in [-0.25, -0.2) is 4.98 Å². The van der Waals surface area contributed by atoms with Crippen molar-refractivity contribution in [2.45, 2.75) is 25.7 Å². The van der Waals surface area contributed by atoms with Crippen molar-refractivity contribution in [1.29, 1.82) is 0 Å². The summed E-state index contributed by atoms with van der Waals surface area (Å²) in [6.07, 6.45) is 7.74. The second kappa shape index (κ2) is 6.19. The van der Waals surface area contributed by atoms with E-state index in [9.17, 15) is 4.79 Å². The highest BCUT2D eigenvalue weighted by atomic mass is 16.2. The first-order chi connectivity index (χ1) is 13.2. The molecular weight excluding hydrogens is 340 g/mol. The molecule has 0 unspecified atom stereocenters. The molecule has 1 aliphatic heterocycles. The van der Waals surface area contributed by atoms with Crippen molar-refractivity contribution < 1.29 is 4.79 Å². The number of amides is 1. The Balaban J connectivity index is 1.42. The number of carbonyl (C=O) groups is 1. The molecule has 0 bridgehead atoms. The Kier molecular flexibility index (Phi) is 3.67. The molecule has 136 valence electrons. The molecule has 0 aliphatic carbocycles. The molecule has 5 rings (SSSR count). The number of imidazole rings is 1. The van der Waals surface area contributed by atoms with Gasteiger partial charge in [0.05, 0.1) is 0 Å². The molecular formula is C20H20N6O. The predicted octanol–water partition coefficient (Wildman–Crippen LogP) is 2.71. The normalized spacial score (nSPS) is 17.7. The highest BCUT2D eigenvalue weighted by Gasteiger charge is 2.29. The van der Waals surface area contributed by atoms with Crippen molar-refractivity contribution in [3.63, 3.8) is 0 Å². The minimum absolute atomic E-state index is 0.0186. The Bertz CT molecular complexity index is 1140. The molecule has 0 aromatic carbocycles. The van der Waals surface area contributed by atoms with Crippen LogP contribution in [0.15, 0.2) is 48.9 Å². The Morgan fingerprint density at radius 2 is 2.04 bits per heavy atom. The van der Waals surface area contributed by atoms with Gasteiger partial charge >= 0.3 is 0 Å². The fourth-order valence-corrected chi connectivity index (χ4v) is 3.88. The SMILES string of the molecule is Cc1ccc2nc(C(=O)N3CCC[C@H](c4nnc5ccccn45)C3)cn2c1. The summed E-state index contributed by atoms with van der Waals surface area (Å²) in [5.41, 5.74) is 3.26. The fraction of sp³-hybridized carbons (Fsp3) is 0.300. The summed E-state index contributed by atoms with van der Waals surface area (Å²) < 4.78 is 3.93. The quantitative estimate of drug-likeness (QED) is 0.551. The van der Waals surface area contributed by atoms with E-state index in [1.165, 1.54) is 0 Å². The maximum Gasteiger partial charge on any atom is 0.274 e. The first kappa shape index (κ1) is 16.0. The Morgan fingerprint density at radius 3 is 2.96 bits per heavy atom. The van der Waals surface area contributed by atoms with Crippen LogP contribution in [0.1, 0.15) is 40.6 Å². The van der Waals surface area contributed by atoms with Gasteiger partial charge in [0, 0.05) is 37.6 Å². The number of hydrogen-bond acceptors (Lipinski definition) is 4.